The molecule has 2 unspecified atom stereocenters. The maximum atomic E-state index is 10.5. The third-order valence-corrected chi connectivity index (χ3v) is 4.81. The van der Waals surface area contributed by atoms with Gasteiger partial charge in [0.05, 0.1) is 0 Å². The van der Waals surface area contributed by atoms with Crippen LogP contribution in [0, 0.1) is 0 Å². The first kappa shape index (κ1) is 22.3. The van der Waals surface area contributed by atoms with Gasteiger partial charge in [0, 0.05) is 16.1 Å². The van der Waals surface area contributed by atoms with Crippen molar-refractivity contribution in [3.05, 3.63) is 59.7 Å². The maximum Gasteiger partial charge on any atom is 2.00 e. The molecular weight excluding hydrogens is 382 g/mol. The standard InChI is InChI=1S/2C8H11O2P.Cu/c2*1-2-7-3-5-8(6-4-7)11(9)10;/h2*3-6,11H,2H2,1H3,(H,9,10);/q;;+2/p-2. The van der Waals surface area contributed by atoms with Crippen LogP contribution in [0.3, 0.4) is 0 Å². The third-order valence-electron chi connectivity index (χ3n) is 3.20. The number of benzene rings is 2. The van der Waals surface area contributed by atoms with Gasteiger partial charge in [-0.15, -0.1) is 0 Å². The summed E-state index contributed by atoms with van der Waals surface area (Å²) < 4.78 is 20.9. The molecule has 2 aromatic rings. The largest absolute Gasteiger partial charge is 2.00 e. The molecule has 2 rings (SSSR count). The minimum absolute atomic E-state index is 0. The molecule has 23 heavy (non-hydrogen) atoms. The van der Waals surface area contributed by atoms with E-state index in [1.165, 1.54) is 0 Å². The number of aryl methyl sites for hydroxylation is 2. The van der Waals surface area contributed by atoms with E-state index in [-0.39, 0.29) is 17.1 Å². The van der Waals surface area contributed by atoms with Crippen molar-refractivity contribution in [3.63, 3.8) is 0 Å². The zero-order valence-corrected chi connectivity index (χ0v) is 15.9. The fourth-order valence-corrected chi connectivity index (χ4v) is 2.63. The van der Waals surface area contributed by atoms with Crippen molar-refractivity contribution in [2.24, 2.45) is 0 Å². The van der Waals surface area contributed by atoms with Crippen molar-refractivity contribution in [2.75, 3.05) is 0 Å². The first-order valence-electron chi connectivity index (χ1n) is 7.08. The maximum absolute atomic E-state index is 10.5. The summed E-state index contributed by atoms with van der Waals surface area (Å²) in [5.74, 6) is 0. The Morgan fingerprint density at radius 1 is 0.696 bits per heavy atom. The van der Waals surface area contributed by atoms with Gasteiger partial charge in [0.2, 0.25) is 0 Å². The summed E-state index contributed by atoms with van der Waals surface area (Å²) in [6, 6.07) is 14.0. The van der Waals surface area contributed by atoms with Gasteiger partial charge in [-0.1, -0.05) is 62.4 Å². The first-order chi connectivity index (χ1) is 10.5. The minimum atomic E-state index is -2.74. The zero-order valence-electron chi connectivity index (χ0n) is 13.0. The van der Waals surface area contributed by atoms with E-state index in [0.29, 0.717) is 10.6 Å². The normalized spacial score (nSPS) is 12.3. The van der Waals surface area contributed by atoms with Gasteiger partial charge in [-0.2, -0.15) is 0 Å². The van der Waals surface area contributed by atoms with Crippen molar-refractivity contribution >= 4 is 26.7 Å². The number of hydrogen-bond acceptors (Lipinski definition) is 4. The molecule has 1 radical (unpaired) electrons. The van der Waals surface area contributed by atoms with Gasteiger partial charge in [-0.05, 0) is 34.6 Å². The van der Waals surface area contributed by atoms with Gasteiger partial charge < -0.3 is 18.9 Å². The average molecular weight is 402 g/mol. The monoisotopic (exact) mass is 401 g/mol. The Morgan fingerprint density at radius 3 is 1.13 bits per heavy atom. The molecule has 4 nitrogen and oxygen atoms in total. The summed E-state index contributed by atoms with van der Waals surface area (Å²) in [4.78, 5) is 20.9. The molecule has 0 N–H and O–H groups in total. The molecule has 0 saturated carbocycles. The van der Waals surface area contributed by atoms with E-state index in [0.717, 1.165) is 24.0 Å². The summed E-state index contributed by atoms with van der Waals surface area (Å²) in [6.45, 7) is 4.07. The van der Waals surface area contributed by atoms with Crippen LogP contribution in [-0.2, 0) is 39.0 Å². The zero-order chi connectivity index (χ0) is 16.5. The first-order valence-corrected chi connectivity index (χ1v) is 9.71. The van der Waals surface area contributed by atoms with E-state index in [4.69, 9.17) is 0 Å². The Balaban J connectivity index is 0.000000403. The second kappa shape index (κ2) is 11.8. The van der Waals surface area contributed by atoms with Crippen LogP contribution in [-0.4, -0.2) is 0 Å². The smallest absolute Gasteiger partial charge is 0.798 e. The summed E-state index contributed by atoms with van der Waals surface area (Å²) >= 11 is 0. The van der Waals surface area contributed by atoms with Crippen LogP contribution < -0.4 is 20.4 Å². The summed E-state index contributed by atoms with van der Waals surface area (Å²) in [7, 11) is -5.47. The van der Waals surface area contributed by atoms with Crippen molar-refractivity contribution in [3.8, 4) is 0 Å². The Morgan fingerprint density at radius 2 is 0.957 bits per heavy atom. The number of hydrogen-bond donors (Lipinski definition) is 0. The second-order valence-corrected chi connectivity index (χ2v) is 6.98. The summed E-state index contributed by atoms with van der Waals surface area (Å²) in [5.41, 5.74) is 2.33. The molecule has 7 heteroatoms. The fourth-order valence-electron chi connectivity index (χ4n) is 1.75. The summed E-state index contributed by atoms with van der Waals surface area (Å²) in [5, 5.41) is 0.847. The van der Waals surface area contributed by atoms with Crippen LogP contribution in [0.1, 0.15) is 25.0 Å². The molecule has 0 heterocycles. The van der Waals surface area contributed by atoms with E-state index in [2.05, 4.69) is 0 Å². The van der Waals surface area contributed by atoms with E-state index >= 15 is 0 Å². The average Bonchev–Trinajstić information content (AvgIpc) is 2.55. The van der Waals surface area contributed by atoms with E-state index in [1.54, 1.807) is 24.3 Å². The topological polar surface area (TPSA) is 80.3 Å². The predicted octanol–water partition coefficient (Wildman–Crippen LogP) is 1.42. The Labute approximate surface area is 149 Å². The van der Waals surface area contributed by atoms with Crippen molar-refractivity contribution < 1.29 is 36.0 Å². The molecule has 0 aliphatic rings. The van der Waals surface area contributed by atoms with E-state index < -0.39 is 16.1 Å². The Hall–Kier alpha value is -0.661. The van der Waals surface area contributed by atoms with Crippen molar-refractivity contribution in [1.82, 2.24) is 0 Å². The van der Waals surface area contributed by atoms with Crippen LogP contribution in [0.5, 0.6) is 0 Å². The molecule has 0 aliphatic carbocycles. The van der Waals surface area contributed by atoms with Crippen molar-refractivity contribution in [1.29, 1.82) is 0 Å². The molecule has 2 aromatic carbocycles. The molecule has 0 amide bonds. The molecule has 0 bridgehead atoms. The van der Waals surface area contributed by atoms with Crippen LogP contribution in [0.25, 0.3) is 0 Å². The van der Waals surface area contributed by atoms with Gasteiger partial charge in [-0.25, -0.2) is 0 Å². The SMILES string of the molecule is CCc1ccc([PH](=O)[O-])cc1.CCc1ccc([PH](=O)[O-])cc1.[Cu+2]. The molecule has 0 spiro atoms. The molecule has 0 aliphatic heterocycles. The fraction of sp³-hybridized carbons (Fsp3) is 0.250. The van der Waals surface area contributed by atoms with Crippen LogP contribution in [0.4, 0.5) is 0 Å². The van der Waals surface area contributed by atoms with Gasteiger partial charge >= 0.3 is 17.1 Å². The molecular formula is C16H20CuO4P2. The van der Waals surface area contributed by atoms with Crippen molar-refractivity contribution in [2.45, 2.75) is 26.7 Å². The minimum Gasteiger partial charge on any atom is -0.798 e. The summed E-state index contributed by atoms with van der Waals surface area (Å²) in [6.07, 6.45) is 1.89. The molecule has 2 atom stereocenters. The van der Waals surface area contributed by atoms with E-state index in [1.807, 2.05) is 38.1 Å². The molecule has 129 valence electrons. The van der Waals surface area contributed by atoms with Crippen LogP contribution in [0.2, 0.25) is 0 Å². The Bertz CT molecular complexity index is 570. The quantitative estimate of drug-likeness (QED) is 0.573. The van der Waals surface area contributed by atoms with Gasteiger partial charge in [0.25, 0.3) is 0 Å². The molecule has 0 fully saturated rings. The third kappa shape index (κ3) is 8.13. The number of rotatable bonds is 4. The Kier molecular flexibility index (Phi) is 11.5. The second-order valence-electron chi connectivity index (χ2n) is 4.68. The molecule has 0 aromatic heterocycles. The van der Waals surface area contributed by atoms with E-state index in [9.17, 15) is 18.9 Å². The van der Waals surface area contributed by atoms with Crippen LogP contribution >= 0.6 is 16.1 Å². The van der Waals surface area contributed by atoms with Crippen LogP contribution in [0.15, 0.2) is 48.5 Å². The molecule has 0 saturated heterocycles. The van der Waals surface area contributed by atoms with Gasteiger partial charge in [0.1, 0.15) is 0 Å². The van der Waals surface area contributed by atoms with Gasteiger partial charge in [0.15, 0.2) is 0 Å². The predicted molar refractivity (Wildman–Crippen MR) is 88.9 cm³/mol. The van der Waals surface area contributed by atoms with Gasteiger partial charge in [-0.3, -0.25) is 0 Å².